The highest BCUT2D eigenvalue weighted by Gasteiger charge is 2.31. The van der Waals surface area contributed by atoms with E-state index in [2.05, 4.69) is 16.6 Å². The van der Waals surface area contributed by atoms with E-state index in [0.29, 0.717) is 11.3 Å². The number of aromatic carboxylic acids is 1. The Hall–Kier alpha value is -1.23. The van der Waals surface area contributed by atoms with Gasteiger partial charge in [-0.05, 0) is 25.2 Å². The number of carboxylic acids is 1. The normalized spacial score (nSPS) is 17.9. The maximum absolute atomic E-state index is 11.1. The van der Waals surface area contributed by atoms with Gasteiger partial charge in [-0.25, -0.2) is 4.79 Å². The number of pyridine rings is 1. The van der Waals surface area contributed by atoms with Gasteiger partial charge in [0.2, 0.25) is 0 Å². The Morgan fingerprint density at radius 3 is 2.84 bits per heavy atom. The third-order valence-electron chi connectivity index (χ3n) is 3.85. The van der Waals surface area contributed by atoms with Crippen LogP contribution in [0.5, 0.6) is 0 Å². The average Bonchev–Trinajstić information content (AvgIpc) is 2.46. The van der Waals surface area contributed by atoms with E-state index in [4.69, 9.17) is 5.11 Å². The second-order valence-corrected chi connectivity index (χ2v) is 6.30. The van der Waals surface area contributed by atoms with Gasteiger partial charge in [0.1, 0.15) is 0 Å². The Labute approximate surface area is 118 Å². The molecule has 4 nitrogen and oxygen atoms in total. The van der Waals surface area contributed by atoms with Crippen LogP contribution in [0.4, 0.5) is 5.69 Å². The van der Waals surface area contributed by atoms with Gasteiger partial charge in [0.05, 0.1) is 17.4 Å². The Morgan fingerprint density at radius 2 is 2.21 bits per heavy atom. The fourth-order valence-electron chi connectivity index (χ4n) is 2.63. The van der Waals surface area contributed by atoms with Gasteiger partial charge in [0.15, 0.2) is 0 Å². The molecular formula is C14H20N2O2S. The van der Waals surface area contributed by atoms with Crippen molar-refractivity contribution in [2.45, 2.75) is 36.9 Å². The standard InChI is InChI=1S/C14H20N2O2S/c1-19-14(6-3-2-4-7-14)10-16-12-9-15-8-5-11(12)13(17)18/h5,8-9,16H,2-4,6-7,10H2,1H3,(H,17,18). The molecule has 0 atom stereocenters. The molecule has 2 rings (SSSR count). The summed E-state index contributed by atoms with van der Waals surface area (Å²) >= 11 is 1.90. The van der Waals surface area contributed by atoms with Gasteiger partial charge < -0.3 is 10.4 Å². The minimum Gasteiger partial charge on any atom is -0.478 e. The van der Waals surface area contributed by atoms with Gasteiger partial charge >= 0.3 is 5.97 Å². The van der Waals surface area contributed by atoms with Gasteiger partial charge in [-0.3, -0.25) is 4.98 Å². The smallest absolute Gasteiger partial charge is 0.337 e. The lowest BCUT2D eigenvalue weighted by molar-refractivity contribution is 0.0698. The van der Waals surface area contributed by atoms with Crippen LogP contribution in [0, 0.1) is 0 Å². The van der Waals surface area contributed by atoms with Crippen molar-refractivity contribution in [3.63, 3.8) is 0 Å². The van der Waals surface area contributed by atoms with E-state index in [1.54, 1.807) is 6.20 Å². The van der Waals surface area contributed by atoms with E-state index in [-0.39, 0.29) is 4.75 Å². The van der Waals surface area contributed by atoms with Gasteiger partial charge in [-0.2, -0.15) is 11.8 Å². The molecule has 19 heavy (non-hydrogen) atoms. The molecule has 0 aliphatic heterocycles. The van der Waals surface area contributed by atoms with Crippen LogP contribution in [-0.2, 0) is 0 Å². The topological polar surface area (TPSA) is 62.2 Å². The van der Waals surface area contributed by atoms with Gasteiger partial charge in [-0.15, -0.1) is 0 Å². The van der Waals surface area contributed by atoms with Crippen molar-refractivity contribution in [3.05, 3.63) is 24.0 Å². The molecule has 0 saturated heterocycles. The molecule has 0 amide bonds. The zero-order valence-corrected chi connectivity index (χ0v) is 12.0. The Morgan fingerprint density at radius 1 is 1.47 bits per heavy atom. The molecule has 1 fully saturated rings. The Kier molecular flexibility index (Phi) is 4.69. The van der Waals surface area contributed by atoms with Crippen LogP contribution in [-0.4, -0.2) is 33.6 Å². The molecule has 0 unspecified atom stereocenters. The first-order valence-corrected chi connectivity index (χ1v) is 7.86. The minimum atomic E-state index is -0.910. The first kappa shape index (κ1) is 14.2. The number of carbonyl (C=O) groups is 1. The summed E-state index contributed by atoms with van der Waals surface area (Å²) in [5.74, 6) is -0.910. The summed E-state index contributed by atoms with van der Waals surface area (Å²) in [6.07, 6.45) is 11.5. The van der Waals surface area contributed by atoms with Gasteiger partial charge in [0.25, 0.3) is 0 Å². The summed E-state index contributed by atoms with van der Waals surface area (Å²) in [7, 11) is 0. The predicted octanol–water partition coefficient (Wildman–Crippen LogP) is 3.26. The monoisotopic (exact) mass is 280 g/mol. The van der Waals surface area contributed by atoms with Crippen molar-refractivity contribution >= 4 is 23.4 Å². The quantitative estimate of drug-likeness (QED) is 0.867. The summed E-state index contributed by atoms with van der Waals surface area (Å²) in [6, 6.07) is 1.54. The second-order valence-electron chi connectivity index (χ2n) is 5.03. The number of anilines is 1. The highest BCUT2D eigenvalue weighted by atomic mass is 32.2. The van der Waals surface area contributed by atoms with E-state index in [9.17, 15) is 4.79 Å². The Balaban J connectivity index is 2.07. The number of aromatic nitrogens is 1. The van der Waals surface area contributed by atoms with Crippen molar-refractivity contribution in [3.8, 4) is 0 Å². The van der Waals surface area contributed by atoms with E-state index >= 15 is 0 Å². The predicted molar refractivity (Wildman–Crippen MR) is 79.0 cm³/mol. The lowest BCUT2D eigenvalue weighted by Gasteiger charge is -2.36. The SMILES string of the molecule is CSC1(CNc2cnccc2C(=O)O)CCCCC1. The van der Waals surface area contributed by atoms with Gasteiger partial charge in [-0.1, -0.05) is 19.3 Å². The molecule has 1 aliphatic carbocycles. The molecule has 1 aromatic rings. The molecule has 104 valence electrons. The average molecular weight is 280 g/mol. The van der Waals surface area contributed by atoms with Crippen molar-refractivity contribution in [2.75, 3.05) is 18.1 Å². The van der Waals surface area contributed by atoms with E-state index in [1.807, 2.05) is 11.8 Å². The second kappa shape index (κ2) is 6.28. The fourth-order valence-corrected chi connectivity index (χ4v) is 3.54. The van der Waals surface area contributed by atoms with Crippen molar-refractivity contribution in [1.29, 1.82) is 0 Å². The molecule has 1 aromatic heterocycles. The van der Waals surface area contributed by atoms with Crippen LogP contribution in [0.3, 0.4) is 0 Å². The molecule has 1 aliphatic rings. The van der Waals surface area contributed by atoms with Crippen molar-refractivity contribution in [2.24, 2.45) is 0 Å². The van der Waals surface area contributed by atoms with Gasteiger partial charge in [0, 0.05) is 17.5 Å². The molecule has 0 aromatic carbocycles. The zero-order chi connectivity index (χ0) is 13.7. The summed E-state index contributed by atoms with van der Waals surface area (Å²) in [4.78, 5) is 15.2. The number of nitrogens with zero attached hydrogens (tertiary/aromatic N) is 1. The first-order valence-electron chi connectivity index (χ1n) is 6.63. The molecule has 5 heteroatoms. The van der Waals surface area contributed by atoms with E-state index in [1.165, 1.54) is 44.4 Å². The van der Waals surface area contributed by atoms with E-state index < -0.39 is 5.97 Å². The number of nitrogens with one attached hydrogen (secondary N) is 1. The third-order valence-corrected chi connectivity index (χ3v) is 5.27. The summed E-state index contributed by atoms with van der Waals surface area (Å²) in [5, 5.41) is 12.4. The molecule has 2 N–H and O–H groups in total. The van der Waals surface area contributed by atoms with Crippen LogP contribution in [0.2, 0.25) is 0 Å². The van der Waals surface area contributed by atoms with Crippen molar-refractivity contribution in [1.82, 2.24) is 4.98 Å². The number of hydrogen-bond donors (Lipinski definition) is 2. The summed E-state index contributed by atoms with van der Waals surface area (Å²) in [5.41, 5.74) is 0.913. The zero-order valence-electron chi connectivity index (χ0n) is 11.2. The highest BCUT2D eigenvalue weighted by molar-refractivity contribution is 8.00. The molecule has 0 spiro atoms. The highest BCUT2D eigenvalue weighted by Crippen LogP contribution is 2.38. The Bertz CT molecular complexity index is 445. The summed E-state index contributed by atoms with van der Waals surface area (Å²) < 4.78 is 0.240. The number of carboxylic acid groups (broad SMARTS) is 1. The number of hydrogen-bond acceptors (Lipinski definition) is 4. The number of rotatable bonds is 5. The van der Waals surface area contributed by atoms with Crippen LogP contribution in [0.25, 0.3) is 0 Å². The molecule has 0 radical (unpaired) electrons. The fraction of sp³-hybridized carbons (Fsp3) is 0.571. The largest absolute Gasteiger partial charge is 0.478 e. The van der Waals surface area contributed by atoms with E-state index in [0.717, 1.165) is 6.54 Å². The molecular weight excluding hydrogens is 260 g/mol. The maximum Gasteiger partial charge on any atom is 0.337 e. The van der Waals surface area contributed by atoms with Crippen LogP contribution in [0.15, 0.2) is 18.5 Å². The van der Waals surface area contributed by atoms with Crippen LogP contribution < -0.4 is 5.32 Å². The molecule has 1 saturated carbocycles. The van der Waals surface area contributed by atoms with Crippen molar-refractivity contribution < 1.29 is 9.90 Å². The lowest BCUT2D eigenvalue weighted by Crippen LogP contribution is -2.35. The maximum atomic E-state index is 11.1. The minimum absolute atomic E-state index is 0.240. The lowest BCUT2D eigenvalue weighted by atomic mass is 9.88. The number of thioether (sulfide) groups is 1. The first-order chi connectivity index (χ1) is 9.17. The molecule has 0 bridgehead atoms. The van der Waals surface area contributed by atoms with Crippen LogP contribution in [0.1, 0.15) is 42.5 Å². The summed E-state index contributed by atoms with van der Waals surface area (Å²) in [6.45, 7) is 0.806. The third kappa shape index (κ3) is 3.41. The molecule has 1 heterocycles. The van der Waals surface area contributed by atoms with Crippen LogP contribution >= 0.6 is 11.8 Å².